The lowest BCUT2D eigenvalue weighted by Gasteiger charge is -2.09. The van der Waals surface area contributed by atoms with Crippen LogP contribution in [-0.2, 0) is 9.59 Å². The summed E-state index contributed by atoms with van der Waals surface area (Å²) in [5.41, 5.74) is -2.70. The molecule has 3 aromatic rings. The predicted octanol–water partition coefficient (Wildman–Crippen LogP) is 3.29. The second-order valence-corrected chi connectivity index (χ2v) is 7.33. The fourth-order valence-corrected chi connectivity index (χ4v) is 2.92. The van der Waals surface area contributed by atoms with Crippen molar-refractivity contribution in [2.24, 2.45) is 0 Å². The zero-order valence-electron chi connectivity index (χ0n) is 19.7. The summed E-state index contributed by atoms with van der Waals surface area (Å²) in [6.45, 7) is -1.37. The number of rotatable bonds is 12. The minimum Gasteiger partial charge on any atom is -0.482 e. The zero-order chi connectivity index (χ0) is 29.4. The molecule has 40 heavy (non-hydrogen) atoms. The van der Waals surface area contributed by atoms with E-state index in [1.54, 1.807) is 0 Å². The smallest absolute Gasteiger partial charge is 0.349 e. The lowest BCUT2D eigenvalue weighted by atomic mass is 10.2. The van der Waals surface area contributed by atoms with Crippen LogP contribution in [-0.4, -0.2) is 44.8 Å². The van der Waals surface area contributed by atoms with Gasteiger partial charge in [0, 0.05) is 12.1 Å². The van der Waals surface area contributed by atoms with E-state index in [2.05, 4.69) is 0 Å². The van der Waals surface area contributed by atoms with Crippen molar-refractivity contribution < 1.29 is 48.2 Å². The Bertz CT molecular complexity index is 1390. The monoisotopic (exact) mass is 558 g/mol. The highest BCUT2D eigenvalue weighted by atomic mass is 16.6. The molecular formula is C22H14N4O14. The van der Waals surface area contributed by atoms with E-state index in [1.807, 2.05) is 0 Å². The molecule has 0 saturated carbocycles. The normalized spacial score (nSPS) is 10.2. The third-order valence-corrected chi connectivity index (χ3v) is 4.68. The molecule has 0 aliphatic heterocycles. The molecule has 0 aliphatic rings. The molecule has 18 heteroatoms. The topological polar surface area (TPSA) is 244 Å². The first kappa shape index (κ1) is 28.4. The summed E-state index contributed by atoms with van der Waals surface area (Å²) >= 11 is 0. The molecule has 0 aliphatic carbocycles. The molecule has 0 saturated heterocycles. The third kappa shape index (κ3) is 7.41. The number of carbonyl (C=O) groups is 2. The van der Waals surface area contributed by atoms with Crippen molar-refractivity contribution in [3.05, 3.63) is 101 Å². The van der Waals surface area contributed by atoms with Crippen molar-refractivity contribution in [2.75, 3.05) is 13.2 Å². The Labute approximate surface area is 220 Å². The van der Waals surface area contributed by atoms with Gasteiger partial charge >= 0.3 is 23.3 Å². The van der Waals surface area contributed by atoms with Crippen molar-refractivity contribution in [2.45, 2.75) is 0 Å². The minimum absolute atomic E-state index is 0.131. The van der Waals surface area contributed by atoms with E-state index in [-0.39, 0.29) is 11.5 Å². The Morgan fingerprint density at radius 1 is 0.550 bits per heavy atom. The number of hydrogen-bond donors (Lipinski definition) is 0. The average molecular weight is 558 g/mol. The minimum atomic E-state index is -1.04. The average Bonchev–Trinajstić information content (AvgIpc) is 2.91. The van der Waals surface area contributed by atoms with Crippen LogP contribution >= 0.6 is 0 Å². The van der Waals surface area contributed by atoms with E-state index in [4.69, 9.17) is 18.9 Å². The molecule has 206 valence electrons. The maximum atomic E-state index is 12.0. The van der Waals surface area contributed by atoms with Crippen LogP contribution in [0, 0.1) is 40.5 Å². The molecule has 0 amide bonds. The lowest BCUT2D eigenvalue weighted by Crippen LogP contribution is -2.18. The van der Waals surface area contributed by atoms with Gasteiger partial charge < -0.3 is 18.9 Å². The Hall–Kier alpha value is -6.20. The van der Waals surface area contributed by atoms with Crippen molar-refractivity contribution in [3.63, 3.8) is 0 Å². The molecule has 3 aromatic carbocycles. The number of ether oxygens (including phenoxy) is 4. The highest BCUT2D eigenvalue weighted by Gasteiger charge is 2.24. The van der Waals surface area contributed by atoms with E-state index in [0.29, 0.717) is 12.1 Å². The van der Waals surface area contributed by atoms with Gasteiger partial charge in [-0.2, -0.15) is 0 Å². The van der Waals surface area contributed by atoms with Gasteiger partial charge in [0.25, 0.3) is 11.4 Å². The van der Waals surface area contributed by atoms with Gasteiger partial charge in [-0.15, -0.1) is 0 Å². The van der Waals surface area contributed by atoms with Crippen LogP contribution in [0.15, 0.2) is 60.7 Å². The summed E-state index contributed by atoms with van der Waals surface area (Å²) < 4.78 is 20.1. The SMILES string of the molecule is O=C(COc1ccc(OCC(=O)Oc2ccc([N+](=O)[O-])cc2[N+](=O)[O-])cc1)Oc1ccc([N+](=O)[O-])cc1[N+](=O)[O-]. The third-order valence-electron chi connectivity index (χ3n) is 4.68. The van der Waals surface area contributed by atoms with Gasteiger partial charge in [-0.25, -0.2) is 9.59 Å². The Kier molecular flexibility index (Phi) is 8.77. The first-order valence-electron chi connectivity index (χ1n) is 10.6. The standard InChI is InChI=1S/C22H14N4O14/c27-21(39-19-7-1-13(23(29)30)9-17(19)25(33)34)11-37-15-3-5-16(6-4-15)38-12-22(28)40-20-8-2-14(24(31)32)10-18(20)26(35)36/h1-10H,11-12H2. The van der Waals surface area contributed by atoms with Gasteiger partial charge in [-0.1, -0.05) is 0 Å². The summed E-state index contributed by atoms with van der Waals surface area (Å²) in [7, 11) is 0. The van der Waals surface area contributed by atoms with Gasteiger partial charge in [-0.05, 0) is 36.4 Å². The maximum absolute atomic E-state index is 12.0. The van der Waals surface area contributed by atoms with Gasteiger partial charge in [0.2, 0.25) is 11.5 Å². The highest BCUT2D eigenvalue weighted by molar-refractivity contribution is 5.76. The van der Waals surface area contributed by atoms with E-state index in [1.165, 1.54) is 24.3 Å². The first-order valence-corrected chi connectivity index (χ1v) is 10.6. The Morgan fingerprint density at radius 3 is 1.20 bits per heavy atom. The van der Waals surface area contributed by atoms with Crippen LogP contribution in [0.5, 0.6) is 23.0 Å². The summed E-state index contributed by atoms with van der Waals surface area (Å²) in [6, 6.07) is 10.3. The van der Waals surface area contributed by atoms with Crippen LogP contribution in [0.25, 0.3) is 0 Å². The Morgan fingerprint density at radius 2 is 0.900 bits per heavy atom. The molecule has 18 nitrogen and oxygen atoms in total. The second kappa shape index (κ2) is 12.4. The summed E-state index contributed by atoms with van der Waals surface area (Å²) in [5.74, 6) is -2.85. The molecule has 0 N–H and O–H groups in total. The van der Waals surface area contributed by atoms with Gasteiger partial charge in [0.15, 0.2) is 13.2 Å². The summed E-state index contributed by atoms with van der Waals surface area (Å²) in [5, 5.41) is 43.8. The molecule has 0 bridgehead atoms. The number of non-ortho nitro benzene ring substituents is 2. The number of carbonyl (C=O) groups excluding carboxylic acids is 2. The van der Waals surface area contributed by atoms with Crippen molar-refractivity contribution in [3.8, 4) is 23.0 Å². The van der Waals surface area contributed by atoms with Gasteiger partial charge in [0.1, 0.15) is 11.5 Å². The first-order chi connectivity index (χ1) is 18.9. The number of nitro groups is 4. The van der Waals surface area contributed by atoms with E-state index >= 15 is 0 Å². The molecule has 0 atom stereocenters. The van der Waals surface area contributed by atoms with Gasteiger partial charge in [-0.3, -0.25) is 40.5 Å². The fourth-order valence-electron chi connectivity index (χ4n) is 2.92. The summed E-state index contributed by atoms with van der Waals surface area (Å²) in [4.78, 5) is 64.3. The van der Waals surface area contributed by atoms with Crippen LogP contribution in [0.1, 0.15) is 0 Å². The molecule has 0 aromatic heterocycles. The van der Waals surface area contributed by atoms with Crippen molar-refractivity contribution >= 4 is 34.7 Å². The number of benzene rings is 3. The van der Waals surface area contributed by atoms with Crippen molar-refractivity contribution in [1.82, 2.24) is 0 Å². The molecular weight excluding hydrogens is 544 g/mol. The number of esters is 2. The van der Waals surface area contributed by atoms with Crippen LogP contribution in [0.4, 0.5) is 22.7 Å². The molecule has 0 heterocycles. The number of nitro benzene ring substituents is 4. The maximum Gasteiger partial charge on any atom is 0.349 e. The van der Waals surface area contributed by atoms with E-state index < -0.39 is 79.1 Å². The molecule has 0 spiro atoms. The largest absolute Gasteiger partial charge is 0.482 e. The van der Waals surface area contributed by atoms with E-state index in [9.17, 15) is 50.0 Å². The van der Waals surface area contributed by atoms with Crippen LogP contribution in [0.3, 0.4) is 0 Å². The number of nitrogens with zero attached hydrogens (tertiary/aromatic N) is 4. The molecule has 3 rings (SSSR count). The van der Waals surface area contributed by atoms with Crippen LogP contribution < -0.4 is 18.9 Å². The summed E-state index contributed by atoms with van der Waals surface area (Å²) in [6.07, 6.45) is 0. The second-order valence-electron chi connectivity index (χ2n) is 7.33. The molecule has 0 unspecified atom stereocenters. The van der Waals surface area contributed by atoms with E-state index in [0.717, 1.165) is 24.3 Å². The van der Waals surface area contributed by atoms with Gasteiger partial charge in [0.05, 0.1) is 31.8 Å². The molecule has 0 radical (unpaired) electrons. The quantitative estimate of drug-likeness (QED) is 0.134. The fraction of sp³-hybridized carbons (Fsp3) is 0.0909. The highest BCUT2D eigenvalue weighted by Crippen LogP contribution is 2.32. The molecule has 0 fully saturated rings. The zero-order valence-corrected chi connectivity index (χ0v) is 19.7. The predicted molar refractivity (Wildman–Crippen MR) is 128 cm³/mol. The van der Waals surface area contributed by atoms with Crippen LogP contribution in [0.2, 0.25) is 0 Å². The Balaban J connectivity index is 1.52. The van der Waals surface area contributed by atoms with Crippen molar-refractivity contribution in [1.29, 1.82) is 0 Å². The lowest BCUT2D eigenvalue weighted by molar-refractivity contribution is -0.394. The number of hydrogen-bond acceptors (Lipinski definition) is 14.